The van der Waals surface area contributed by atoms with E-state index in [1.807, 2.05) is 31.4 Å². The van der Waals surface area contributed by atoms with Crippen LogP contribution in [0.3, 0.4) is 0 Å². The average molecular weight is 432 g/mol. The zero-order chi connectivity index (χ0) is 24.3. The van der Waals surface area contributed by atoms with E-state index in [4.69, 9.17) is 0 Å². The van der Waals surface area contributed by atoms with Crippen molar-refractivity contribution < 1.29 is 19.8 Å². The Morgan fingerprint density at radius 3 is 1.39 bits per heavy atom. The smallest absolute Gasteiger partial charge is 0.305 e. The number of unbranched alkanes of at least 4 members (excludes halogenated alkanes) is 9. The summed E-state index contributed by atoms with van der Waals surface area (Å²) in [4.78, 5) is 23.1. The van der Waals surface area contributed by atoms with Crippen LogP contribution in [0.5, 0.6) is 0 Å². The van der Waals surface area contributed by atoms with E-state index in [0.29, 0.717) is 0 Å². The van der Waals surface area contributed by atoms with Gasteiger partial charge in [-0.05, 0) is 23.7 Å². The predicted octanol–water partition coefficient (Wildman–Crippen LogP) is 2.90. The highest BCUT2D eigenvalue weighted by Crippen LogP contribution is 2.44. The number of carbonyl (C=O) groups is 2. The third-order valence-electron chi connectivity index (χ3n) is 7.87. The molecule has 4 nitrogen and oxygen atoms in total. The Bertz CT molecular complexity index is 548. The van der Waals surface area contributed by atoms with Gasteiger partial charge in [0, 0.05) is 5.21 Å². The fraction of sp³-hybridized carbons (Fsp3) is 0.913. The van der Waals surface area contributed by atoms with E-state index in [9.17, 15) is 19.8 Å². The molecule has 0 aromatic carbocycles. The van der Waals surface area contributed by atoms with Gasteiger partial charge in [-0.1, -0.05) is 97.6 Å². The Morgan fingerprint density at radius 1 is 0.710 bits per heavy atom. The van der Waals surface area contributed by atoms with Crippen LogP contribution in [0.2, 0.25) is 10.9 Å². The van der Waals surface area contributed by atoms with E-state index in [0.717, 1.165) is 25.7 Å². The maximum atomic E-state index is 11.6. The molecule has 0 saturated heterocycles. The van der Waals surface area contributed by atoms with Crippen molar-refractivity contribution in [2.75, 3.05) is 0 Å². The van der Waals surface area contributed by atoms with E-state index in [1.54, 1.807) is 0 Å². The normalized spacial score (nSPS) is 14.0. The second kappa shape index (κ2) is 13.7. The molecule has 176 valence electrons. The van der Waals surface area contributed by atoms with Gasteiger partial charge in [-0.25, -0.2) is 0 Å². The highest BCUT2D eigenvalue weighted by atomic mass is 16.4. The molecule has 0 spiro atoms. The minimum absolute atomic E-state index is 0.145. The van der Waals surface area contributed by atoms with Gasteiger partial charge in [-0.15, -0.1) is 0 Å². The van der Waals surface area contributed by atoms with Crippen LogP contribution in [-0.2, 0) is 9.59 Å². The first-order valence-corrected chi connectivity index (χ1v) is 12.6. The lowest BCUT2D eigenvalue weighted by Gasteiger charge is -2.38. The van der Waals surface area contributed by atoms with E-state index >= 15 is 0 Å². The Kier molecular flexibility index (Phi) is 13.3. The summed E-state index contributed by atoms with van der Waals surface area (Å²) in [6, 6.07) is 0. The number of hydrogen-bond donors (Lipinski definition) is 2. The molecule has 0 bridgehead atoms. The van der Waals surface area contributed by atoms with Crippen LogP contribution in [0.1, 0.15) is 105 Å². The highest BCUT2D eigenvalue weighted by Gasteiger charge is 2.42. The third-order valence-corrected chi connectivity index (χ3v) is 7.87. The van der Waals surface area contributed by atoms with Gasteiger partial charge in [0.15, 0.2) is 0 Å². The molecule has 0 aliphatic heterocycles. The zero-order valence-electron chi connectivity index (χ0n) is 21.9. The maximum absolute atomic E-state index is 11.6. The summed E-state index contributed by atoms with van der Waals surface area (Å²) in [6.45, 7) is 8.37. The number of hydrogen-bond acceptors (Lipinski definition) is 2. The number of aliphatic carboxylic acids is 2. The minimum atomic E-state index is -0.706. The molecule has 0 aliphatic carbocycles. The Balaban J connectivity index is 3.82. The molecule has 1 unspecified atom stereocenters. The quantitative estimate of drug-likeness (QED) is 0.258. The number of rotatable bonds is 18. The molecule has 8 heteroatoms. The van der Waals surface area contributed by atoms with Gasteiger partial charge in [-0.2, -0.15) is 0 Å². The first kappa shape index (κ1) is 30.2. The van der Waals surface area contributed by atoms with Crippen LogP contribution in [0.4, 0.5) is 0 Å². The Morgan fingerprint density at radius 2 is 1.06 bits per heavy atom. The van der Waals surface area contributed by atoms with Crippen molar-refractivity contribution in [3.63, 3.8) is 0 Å². The molecule has 0 saturated carbocycles. The lowest BCUT2D eigenvalue weighted by molar-refractivity contribution is -0.145. The van der Waals surface area contributed by atoms with Crippen LogP contribution in [0, 0.1) is 16.7 Å². The number of carboxylic acid groups (broad SMARTS) is 2. The molecule has 0 radical (unpaired) electrons. The van der Waals surface area contributed by atoms with Gasteiger partial charge in [0.05, 0.1) is 21.6 Å². The molecule has 0 aromatic heterocycles. The summed E-state index contributed by atoms with van der Waals surface area (Å²) in [6.07, 6.45) is 14.1. The van der Waals surface area contributed by atoms with Gasteiger partial charge >= 0.3 is 5.97 Å². The van der Waals surface area contributed by atoms with Crippen LogP contribution < -0.4 is 0 Å². The molecule has 0 aliphatic rings. The summed E-state index contributed by atoms with van der Waals surface area (Å²) >= 11 is 0. The molecule has 0 heterocycles. The molecule has 0 fully saturated rings. The van der Waals surface area contributed by atoms with Crippen LogP contribution >= 0.6 is 0 Å². The van der Waals surface area contributed by atoms with Gasteiger partial charge in [0.25, 0.3) is 5.97 Å². The second-order valence-corrected chi connectivity index (χ2v) is 11.9. The van der Waals surface area contributed by atoms with Crippen molar-refractivity contribution in [1.29, 1.82) is 0 Å². The Labute approximate surface area is 195 Å². The third kappa shape index (κ3) is 10.6. The molecule has 0 amide bonds. The summed E-state index contributed by atoms with van der Waals surface area (Å²) < 4.78 is 0. The summed E-state index contributed by atoms with van der Waals surface area (Å²) in [5, 5.41) is 18.3. The molecular weight excluding hydrogens is 383 g/mol. The van der Waals surface area contributed by atoms with E-state index in [-0.39, 0.29) is 22.5 Å². The summed E-state index contributed by atoms with van der Waals surface area (Å²) in [5.41, 5.74) is -0.163. The van der Waals surface area contributed by atoms with Crippen LogP contribution in [-0.4, -0.2) is 53.5 Å². The van der Waals surface area contributed by atoms with Crippen molar-refractivity contribution in [2.24, 2.45) is 16.7 Å². The average Bonchev–Trinajstić information content (AvgIpc) is 2.61. The number of carboxylic acids is 2. The predicted molar refractivity (Wildman–Crippen MR) is 142 cm³/mol. The fourth-order valence-electron chi connectivity index (χ4n) is 4.84. The van der Waals surface area contributed by atoms with E-state index in [2.05, 4.69) is 27.7 Å². The van der Waals surface area contributed by atoms with Crippen molar-refractivity contribution in [3.8, 4) is 0 Å². The molecule has 0 rings (SSSR count). The van der Waals surface area contributed by atoms with E-state index < -0.39 is 17.2 Å². The van der Waals surface area contributed by atoms with Gasteiger partial charge in [0.1, 0.15) is 15.7 Å². The maximum Gasteiger partial charge on any atom is 0.305 e. The lowest BCUT2D eigenvalue weighted by Crippen LogP contribution is -2.39. The standard InChI is InChI=1S/C23H48B4O4/c1-21(2,17(18(24)25)19(28)29)15-13-11-9-7-5-6-8-10-12-14-16-22(3,4)23(26,27)20(30)31/h17-18H,5-16,24-27H2,1-4H3,(H,28,29)(H,30,31). The molecule has 0 aromatic rings. The van der Waals surface area contributed by atoms with Crippen molar-refractivity contribution >= 4 is 43.3 Å². The van der Waals surface area contributed by atoms with Gasteiger partial charge < -0.3 is 10.2 Å². The van der Waals surface area contributed by atoms with Crippen molar-refractivity contribution in [2.45, 2.75) is 116 Å². The molecule has 1 atom stereocenters. The van der Waals surface area contributed by atoms with E-state index in [1.165, 1.54) is 51.4 Å². The van der Waals surface area contributed by atoms with Gasteiger partial charge in [-0.3, -0.25) is 9.59 Å². The SMILES string of the molecule is BC(B)C(C(=O)O)C(C)(C)CCCCCCCCCCCCC(C)(C)C(B)(B)C(=O)O. The lowest BCUT2D eigenvalue weighted by atomic mass is 9.42. The first-order valence-electron chi connectivity index (χ1n) is 12.6. The first-order chi connectivity index (χ1) is 14.2. The zero-order valence-corrected chi connectivity index (χ0v) is 21.9. The van der Waals surface area contributed by atoms with Crippen LogP contribution in [0.15, 0.2) is 0 Å². The van der Waals surface area contributed by atoms with Crippen LogP contribution in [0.25, 0.3) is 0 Å². The summed E-state index contributed by atoms with van der Waals surface area (Å²) in [7, 11) is 7.70. The molecule has 31 heavy (non-hydrogen) atoms. The second-order valence-electron chi connectivity index (χ2n) is 11.9. The topological polar surface area (TPSA) is 74.6 Å². The summed E-state index contributed by atoms with van der Waals surface area (Å²) in [5.74, 6) is -1.63. The minimum Gasteiger partial charge on any atom is -0.482 e. The fourth-order valence-corrected chi connectivity index (χ4v) is 4.84. The monoisotopic (exact) mass is 432 g/mol. The van der Waals surface area contributed by atoms with Crippen molar-refractivity contribution in [1.82, 2.24) is 0 Å². The Hall–Kier alpha value is -0.800. The largest absolute Gasteiger partial charge is 0.482 e. The van der Waals surface area contributed by atoms with Crippen molar-refractivity contribution in [3.05, 3.63) is 0 Å². The van der Waals surface area contributed by atoms with Gasteiger partial charge in [0.2, 0.25) is 0 Å². The molecular formula is C23H48B4O4. The highest BCUT2D eigenvalue weighted by molar-refractivity contribution is 6.50. The molecule has 2 N–H and O–H groups in total.